The first-order valence-electron chi connectivity index (χ1n) is 9.99. The number of hydrogen-bond donors (Lipinski definition) is 6. The molecular formula is C17H31BN6O8. The van der Waals surface area contributed by atoms with Crippen LogP contribution in [-0.2, 0) is 19.1 Å². The Labute approximate surface area is 185 Å². The van der Waals surface area contributed by atoms with Gasteiger partial charge in [-0.25, -0.2) is 19.9 Å². The van der Waals surface area contributed by atoms with Crippen molar-refractivity contribution in [3.05, 3.63) is 22.3 Å². The zero-order valence-corrected chi connectivity index (χ0v) is 18.3. The second-order valence-electron chi connectivity index (χ2n) is 7.08. The summed E-state index contributed by atoms with van der Waals surface area (Å²) < 4.78 is 4.67. The van der Waals surface area contributed by atoms with E-state index in [2.05, 4.69) is 20.4 Å². The summed E-state index contributed by atoms with van der Waals surface area (Å²) >= 11 is 0. The van der Waals surface area contributed by atoms with Gasteiger partial charge in [-0.05, 0) is 32.1 Å². The van der Waals surface area contributed by atoms with Crippen LogP contribution < -0.4 is 21.8 Å². The molecule has 0 heterocycles. The highest BCUT2D eigenvalue weighted by atomic mass is 16.7. The van der Waals surface area contributed by atoms with Crippen molar-refractivity contribution in [2.24, 2.45) is 16.6 Å². The Balaban J connectivity index is 5.18. The zero-order chi connectivity index (χ0) is 24.7. The monoisotopic (exact) mass is 458 g/mol. The number of hydrazine groups is 1. The van der Waals surface area contributed by atoms with Crippen molar-refractivity contribution in [2.45, 2.75) is 52.0 Å². The van der Waals surface area contributed by atoms with Crippen LogP contribution in [0.1, 0.15) is 40.0 Å². The van der Waals surface area contributed by atoms with Gasteiger partial charge in [0.2, 0.25) is 11.8 Å². The average molecular weight is 458 g/mol. The minimum absolute atomic E-state index is 0.0169. The largest absolute Gasteiger partial charge is 0.475 e. The summed E-state index contributed by atoms with van der Waals surface area (Å²) in [5, 5.41) is 33.4. The molecule has 32 heavy (non-hydrogen) atoms. The van der Waals surface area contributed by atoms with Gasteiger partial charge >= 0.3 is 13.1 Å². The van der Waals surface area contributed by atoms with E-state index in [0.29, 0.717) is 0 Å². The highest BCUT2D eigenvalue weighted by Crippen LogP contribution is 2.07. The summed E-state index contributed by atoms with van der Waals surface area (Å²) in [6.45, 7) is 5.42. The van der Waals surface area contributed by atoms with Crippen LogP contribution in [0, 0.1) is 16.0 Å². The number of ether oxygens (including phenoxy) is 1. The SMILES string of the molecule is CCOC(=O)C=CC(=O)N[C@@H](CCCN=C(N)N[N+](=O)[O-])C(=O)N[C@@H](CC(C)C)B(O)O. The van der Waals surface area contributed by atoms with Crippen LogP contribution in [0.25, 0.3) is 0 Å². The number of amides is 2. The van der Waals surface area contributed by atoms with Crippen LogP contribution in [0.3, 0.4) is 0 Å². The van der Waals surface area contributed by atoms with Crippen LogP contribution in [0.2, 0.25) is 0 Å². The molecule has 180 valence electrons. The first kappa shape index (κ1) is 28.8. The van der Waals surface area contributed by atoms with E-state index in [0.717, 1.165) is 12.2 Å². The molecule has 0 rings (SSSR count). The molecule has 15 heteroatoms. The minimum atomic E-state index is -1.81. The predicted octanol–water partition coefficient (Wildman–Crippen LogP) is -1.99. The number of aliphatic imine (C=N–C) groups is 1. The molecule has 0 aliphatic rings. The number of carbonyl (C=O) groups excluding carboxylic acids is 3. The molecule has 2 amide bonds. The van der Waals surface area contributed by atoms with Gasteiger partial charge in [0.15, 0.2) is 5.03 Å². The smallest absolute Gasteiger partial charge is 0.463 e. The van der Waals surface area contributed by atoms with E-state index >= 15 is 0 Å². The summed E-state index contributed by atoms with van der Waals surface area (Å²) in [5.74, 6) is -3.49. The van der Waals surface area contributed by atoms with E-state index in [-0.39, 0.29) is 38.3 Å². The topological polar surface area (TPSA) is 219 Å². The molecule has 14 nitrogen and oxygen atoms in total. The Morgan fingerprint density at radius 1 is 1.25 bits per heavy atom. The van der Waals surface area contributed by atoms with Gasteiger partial charge in [0.05, 0.1) is 12.5 Å². The highest BCUT2D eigenvalue weighted by Gasteiger charge is 2.29. The molecule has 2 atom stereocenters. The second-order valence-corrected chi connectivity index (χ2v) is 7.08. The van der Waals surface area contributed by atoms with Crippen LogP contribution in [-0.4, -0.2) is 71.1 Å². The fraction of sp³-hybridized carbons (Fsp3) is 0.647. The number of nitrogens with one attached hydrogen (secondary N) is 3. The summed E-state index contributed by atoms with van der Waals surface area (Å²) in [5.41, 5.74) is 6.98. The fourth-order valence-electron chi connectivity index (χ4n) is 2.49. The first-order chi connectivity index (χ1) is 15.0. The Morgan fingerprint density at radius 2 is 1.91 bits per heavy atom. The average Bonchev–Trinajstić information content (AvgIpc) is 2.67. The molecule has 0 fully saturated rings. The summed E-state index contributed by atoms with van der Waals surface area (Å²) in [6, 6.07) is -1.11. The third kappa shape index (κ3) is 13.9. The third-order valence-electron chi connectivity index (χ3n) is 3.84. The van der Waals surface area contributed by atoms with E-state index in [4.69, 9.17) is 5.73 Å². The third-order valence-corrected chi connectivity index (χ3v) is 3.84. The van der Waals surface area contributed by atoms with E-state index in [1.807, 2.05) is 13.8 Å². The number of esters is 1. The molecule has 0 aromatic heterocycles. The Hall–Kier alpha value is -3.20. The Morgan fingerprint density at radius 3 is 2.44 bits per heavy atom. The van der Waals surface area contributed by atoms with Crippen molar-refractivity contribution < 1.29 is 34.2 Å². The molecule has 0 aliphatic heterocycles. The first-order valence-corrected chi connectivity index (χ1v) is 9.99. The molecule has 0 aromatic rings. The maximum Gasteiger partial charge on any atom is 0.475 e. The standard InChI is InChI=1S/C17H31BN6O8/c1-4-32-15(26)8-7-14(25)21-12(6-5-9-20-17(19)23-24(30)31)16(27)22-13(18(28)29)10-11(2)3/h7-8,11-13,28-29H,4-6,9-10H2,1-3H3,(H,21,25)(H,22,27)(H3,19,20,23)/t12-,13-/m0/s1. The maximum absolute atomic E-state index is 12.7. The van der Waals surface area contributed by atoms with Crippen molar-refractivity contribution in [1.29, 1.82) is 0 Å². The molecule has 0 saturated heterocycles. The van der Waals surface area contributed by atoms with E-state index in [1.165, 1.54) is 0 Å². The van der Waals surface area contributed by atoms with Gasteiger partial charge in [0, 0.05) is 18.7 Å². The normalized spacial score (nSPS) is 13.4. The summed E-state index contributed by atoms with van der Waals surface area (Å²) in [4.78, 5) is 50.1. The lowest BCUT2D eigenvalue weighted by Gasteiger charge is -2.23. The lowest BCUT2D eigenvalue weighted by atomic mass is 9.75. The second kappa shape index (κ2) is 15.6. The molecule has 0 unspecified atom stereocenters. The van der Waals surface area contributed by atoms with Gasteiger partial charge in [-0.1, -0.05) is 19.3 Å². The molecular weight excluding hydrogens is 427 g/mol. The lowest BCUT2D eigenvalue weighted by Crippen LogP contribution is -2.54. The lowest BCUT2D eigenvalue weighted by molar-refractivity contribution is -0.525. The van der Waals surface area contributed by atoms with Crippen LogP contribution in [0.15, 0.2) is 17.1 Å². The number of nitrogens with zero attached hydrogens (tertiary/aromatic N) is 2. The summed E-state index contributed by atoms with van der Waals surface area (Å²) in [7, 11) is -1.81. The van der Waals surface area contributed by atoms with Crippen molar-refractivity contribution in [1.82, 2.24) is 16.1 Å². The van der Waals surface area contributed by atoms with E-state index < -0.39 is 47.9 Å². The number of nitrogens with two attached hydrogens (primary N) is 1. The predicted molar refractivity (Wildman–Crippen MR) is 115 cm³/mol. The van der Waals surface area contributed by atoms with Crippen molar-refractivity contribution in [2.75, 3.05) is 13.2 Å². The van der Waals surface area contributed by atoms with Gasteiger partial charge in [-0.15, -0.1) is 0 Å². The molecule has 0 radical (unpaired) electrons. The fourth-order valence-corrected chi connectivity index (χ4v) is 2.49. The molecule has 0 aromatic carbocycles. The summed E-state index contributed by atoms with van der Waals surface area (Å²) in [6.07, 6.45) is 2.34. The van der Waals surface area contributed by atoms with Crippen LogP contribution >= 0.6 is 0 Å². The maximum atomic E-state index is 12.7. The Bertz CT molecular complexity index is 701. The molecule has 0 bridgehead atoms. The minimum Gasteiger partial charge on any atom is -0.463 e. The van der Waals surface area contributed by atoms with Crippen LogP contribution in [0.4, 0.5) is 0 Å². The van der Waals surface area contributed by atoms with E-state index in [1.54, 1.807) is 12.3 Å². The molecule has 0 spiro atoms. The quantitative estimate of drug-likeness (QED) is 0.0246. The van der Waals surface area contributed by atoms with Crippen LogP contribution in [0.5, 0.6) is 0 Å². The van der Waals surface area contributed by atoms with Crippen molar-refractivity contribution in [3.8, 4) is 0 Å². The van der Waals surface area contributed by atoms with Gasteiger partial charge < -0.3 is 31.2 Å². The van der Waals surface area contributed by atoms with Gasteiger partial charge in [0.1, 0.15) is 6.04 Å². The van der Waals surface area contributed by atoms with Gasteiger partial charge in [0.25, 0.3) is 5.96 Å². The number of carbonyl (C=O) groups is 3. The molecule has 0 aliphatic carbocycles. The van der Waals surface area contributed by atoms with Crippen molar-refractivity contribution >= 4 is 30.9 Å². The van der Waals surface area contributed by atoms with E-state index in [9.17, 15) is 34.5 Å². The molecule has 7 N–H and O–H groups in total. The zero-order valence-electron chi connectivity index (χ0n) is 18.3. The van der Waals surface area contributed by atoms with Gasteiger partial charge in [-0.3, -0.25) is 9.59 Å². The molecule has 0 saturated carbocycles. The van der Waals surface area contributed by atoms with Crippen molar-refractivity contribution in [3.63, 3.8) is 0 Å². The Kier molecular flexibility index (Phi) is 14.0. The number of hydrogen-bond acceptors (Lipinski definition) is 9. The highest BCUT2D eigenvalue weighted by molar-refractivity contribution is 6.43. The number of rotatable bonds is 14. The number of guanidine groups is 1. The van der Waals surface area contributed by atoms with Gasteiger partial charge in [-0.2, -0.15) is 0 Å². The number of nitro groups is 1.